The zero-order chi connectivity index (χ0) is 12.0. The summed E-state index contributed by atoms with van der Waals surface area (Å²) in [5.74, 6) is 0. The van der Waals surface area contributed by atoms with Crippen LogP contribution in [-0.4, -0.2) is 22.1 Å². The van der Waals surface area contributed by atoms with Crippen LogP contribution in [0.5, 0.6) is 0 Å². The molecule has 1 unspecified atom stereocenters. The van der Waals surface area contributed by atoms with Gasteiger partial charge in [-0.1, -0.05) is 13.3 Å². The highest BCUT2D eigenvalue weighted by atomic mass is 15.0. The van der Waals surface area contributed by atoms with Gasteiger partial charge in [0.15, 0.2) is 0 Å². The number of hydrogen-bond acceptors (Lipinski definition) is 2. The van der Waals surface area contributed by atoms with Crippen molar-refractivity contribution in [2.45, 2.75) is 59.5 Å². The van der Waals surface area contributed by atoms with Crippen LogP contribution in [0.15, 0.2) is 6.33 Å². The van der Waals surface area contributed by atoms with Gasteiger partial charge in [0.2, 0.25) is 0 Å². The predicted molar refractivity (Wildman–Crippen MR) is 68.7 cm³/mol. The van der Waals surface area contributed by atoms with Gasteiger partial charge in [-0.25, -0.2) is 4.98 Å². The molecular formula is C13H25N3. The molecule has 0 spiro atoms. The second-order valence-electron chi connectivity index (χ2n) is 4.56. The first kappa shape index (κ1) is 13.2. The number of aromatic nitrogens is 2. The van der Waals surface area contributed by atoms with E-state index in [4.69, 9.17) is 0 Å². The Bertz CT molecular complexity index is 304. The van der Waals surface area contributed by atoms with Gasteiger partial charge in [-0.3, -0.25) is 0 Å². The second kappa shape index (κ2) is 6.69. The third kappa shape index (κ3) is 3.97. The fourth-order valence-corrected chi connectivity index (χ4v) is 1.95. The average Bonchev–Trinajstić information content (AvgIpc) is 2.56. The Kier molecular flexibility index (Phi) is 5.53. The van der Waals surface area contributed by atoms with Gasteiger partial charge < -0.3 is 9.88 Å². The van der Waals surface area contributed by atoms with Crippen molar-refractivity contribution in [2.24, 2.45) is 0 Å². The third-order valence-corrected chi connectivity index (χ3v) is 3.18. The van der Waals surface area contributed by atoms with E-state index in [9.17, 15) is 0 Å². The summed E-state index contributed by atoms with van der Waals surface area (Å²) in [6.07, 6.45) is 5.75. The Labute approximate surface area is 99.3 Å². The number of unbranched alkanes of at least 4 members (excludes halogenated alkanes) is 1. The maximum absolute atomic E-state index is 4.31. The molecule has 1 aromatic rings. The molecule has 1 rings (SSSR count). The summed E-state index contributed by atoms with van der Waals surface area (Å²) in [6, 6.07) is 0.649. The summed E-state index contributed by atoms with van der Waals surface area (Å²) >= 11 is 0. The van der Waals surface area contributed by atoms with Crippen LogP contribution >= 0.6 is 0 Å². The molecule has 0 radical (unpaired) electrons. The lowest BCUT2D eigenvalue weighted by atomic mass is 10.1. The first-order valence-electron chi connectivity index (χ1n) is 6.36. The number of imidazole rings is 1. The van der Waals surface area contributed by atoms with Gasteiger partial charge >= 0.3 is 0 Å². The molecule has 0 fully saturated rings. The SMILES string of the molecule is CCNC(C)CCCCn1cnc(C)c1C. The van der Waals surface area contributed by atoms with E-state index in [1.54, 1.807) is 0 Å². The molecule has 1 atom stereocenters. The minimum atomic E-state index is 0.649. The van der Waals surface area contributed by atoms with Crippen LogP contribution in [0, 0.1) is 13.8 Å². The van der Waals surface area contributed by atoms with Gasteiger partial charge in [-0.05, 0) is 40.2 Å². The molecular weight excluding hydrogens is 198 g/mol. The van der Waals surface area contributed by atoms with E-state index in [2.05, 4.69) is 42.6 Å². The highest BCUT2D eigenvalue weighted by Gasteiger charge is 2.02. The van der Waals surface area contributed by atoms with Gasteiger partial charge in [-0.2, -0.15) is 0 Å². The second-order valence-corrected chi connectivity index (χ2v) is 4.56. The maximum Gasteiger partial charge on any atom is 0.0951 e. The number of hydrogen-bond donors (Lipinski definition) is 1. The maximum atomic E-state index is 4.31. The van der Waals surface area contributed by atoms with E-state index in [1.165, 1.54) is 25.0 Å². The number of nitrogens with zero attached hydrogens (tertiary/aromatic N) is 2. The smallest absolute Gasteiger partial charge is 0.0951 e. The summed E-state index contributed by atoms with van der Waals surface area (Å²) < 4.78 is 2.26. The van der Waals surface area contributed by atoms with Gasteiger partial charge in [0.05, 0.1) is 12.0 Å². The van der Waals surface area contributed by atoms with E-state index in [0.717, 1.165) is 18.8 Å². The van der Waals surface area contributed by atoms with E-state index in [0.29, 0.717) is 6.04 Å². The van der Waals surface area contributed by atoms with Crippen molar-refractivity contribution >= 4 is 0 Å². The molecule has 0 amide bonds. The van der Waals surface area contributed by atoms with Gasteiger partial charge in [0.1, 0.15) is 0 Å². The van der Waals surface area contributed by atoms with Gasteiger partial charge in [-0.15, -0.1) is 0 Å². The van der Waals surface area contributed by atoms with Gasteiger partial charge in [0, 0.05) is 18.3 Å². The highest BCUT2D eigenvalue weighted by molar-refractivity contribution is 5.08. The van der Waals surface area contributed by atoms with Crippen LogP contribution in [0.3, 0.4) is 0 Å². The lowest BCUT2D eigenvalue weighted by Crippen LogP contribution is -2.25. The fraction of sp³-hybridized carbons (Fsp3) is 0.769. The summed E-state index contributed by atoms with van der Waals surface area (Å²) in [5.41, 5.74) is 2.46. The molecule has 92 valence electrons. The lowest BCUT2D eigenvalue weighted by Gasteiger charge is -2.12. The van der Waals surface area contributed by atoms with Crippen molar-refractivity contribution in [3.05, 3.63) is 17.7 Å². The molecule has 1 heterocycles. The molecule has 0 bridgehead atoms. The van der Waals surface area contributed by atoms with E-state index < -0.39 is 0 Å². The van der Waals surface area contributed by atoms with Crippen molar-refractivity contribution in [3.8, 4) is 0 Å². The summed E-state index contributed by atoms with van der Waals surface area (Å²) in [4.78, 5) is 4.31. The average molecular weight is 223 g/mol. The van der Waals surface area contributed by atoms with Crippen molar-refractivity contribution in [3.63, 3.8) is 0 Å². The van der Waals surface area contributed by atoms with Crippen LogP contribution in [0.1, 0.15) is 44.5 Å². The molecule has 0 saturated heterocycles. The van der Waals surface area contributed by atoms with Crippen LogP contribution < -0.4 is 5.32 Å². The summed E-state index contributed by atoms with van der Waals surface area (Å²) in [5, 5.41) is 3.44. The highest BCUT2D eigenvalue weighted by Crippen LogP contribution is 2.07. The van der Waals surface area contributed by atoms with Crippen LogP contribution in [-0.2, 0) is 6.54 Å². The zero-order valence-corrected chi connectivity index (χ0v) is 11.1. The molecule has 0 aliphatic carbocycles. The minimum Gasteiger partial charge on any atom is -0.335 e. The molecule has 0 aliphatic heterocycles. The van der Waals surface area contributed by atoms with Crippen molar-refractivity contribution in [1.29, 1.82) is 0 Å². The Morgan fingerprint density at radius 3 is 2.69 bits per heavy atom. The molecule has 0 aliphatic rings. The fourth-order valence-electron chi connectivity index (χ4n) is 1.95. The molecule has 3 nitrogen and oxygen atoms in total. The van der Waals surface area contributed by atoms with Crippen LogP contribution in [0.25, 0.3) is 0 Å². The van der Waals surface area contributed by atoms with Crippen molar-refractivity contribution in [2.75, 3.05) is 6.54 Å². The Morgan fingerprint density at radius 2 is 2.12 bits per heavy atom. The largest absolute Gasteiger partial charge is 0.335 e. The summed E-state index contributed by atoms with van der Waals surface area (Å²) in [6.45, 7) is 10.8. The predicted octanol–water partition coefficient (Wildman–Crippen LogP) is 2.67. The molecule has 3 heteroatoms. The molecule has 0 saturated carbocycles. The third-order valence-electron chi connectivity index (χ3n) is 3.18. The standard InChI is InChI=1S/C13H25N3/c1-5-14-11(2)8-6-7-9-16-10-15-12(3)13(16)4/h10-11,14H,5-9H2,1-4H3. The Balaban J connectivity index is 2.18. The zero-order valence-electron chi connectivity index (χ0n) is 11.1. The van der Waals surface area contributed by atoms with E-state index in [-0.39, 0.29) is 0 Å². The number of rotatable bonds is 7. The number of aryl methyl sites for hydroxylation is 2. The van der Waals surface area contributed by atoms with Crippen molar-refractivity contribution < 1.29 is 0 Å². The Hall–Kier alpha value is -0.830. The monoisotopic (exact) mass is 223 g/mol. The normalized spacial score (nSPS) is 13.0. The molecule has 0 aromatic carbocycles. The van der Waals surface area contributed by atoms with Crippen LogP contribution in [0.4, 0.5) is 0 Å². The van der Waals surface area contributed by atoms with E-state index >= 15 is 0 Å². The lowest BCUT2D eigenvalue weighted by molar-refractivity contribution is 0.484. The topological polar surface area (TPSA) is 29.9 Å². The number of nitrogens with one attached hydrogen (secondary N) is 1. The molecule has 1 N–H and O–H groups in total. The molecule has 1 aromatic heterocycles. The van der Waals surface area contributed by atoms with Crippen LogP contribution in [0.2, 0.25) is 0 Å². The van der Waals surface area contributed by atoms with Crippen molar-refractivity contribution in [1.82, 2.24) is 14.9 Å². The van der Waals surface area contributed by atoms with E-state index in [1.807, 2.05) is 6.33 Å². The Morgan fingerprint density at radius 1 is 1.38 bits per heavy atom. The quantitative estimate of drug-likeness (QED) is 0.720. The first-order valence-corrected chi connectivity index (χ1v) is 6.36. The molecule has 16 heavy (non-hydrogen) atoms. The summed E-state index contributed by atoms with van der Waals surface area (Å²) in [7, 11) is 0. The van der Waals surface area contributed by atoms with Gasteiger partial charge in [0.25, 0.3) is 0 Å². The first-order chi connectivity index (χ1) is 7.65. The minimum absolute atomic E-state index is 0.649.